The fourth-order valence-corrected chi connectivity index (χ4v) is 4.20. The smallest absolute Gasteiger partial charge is 0.243 e. The van der Waals surface area contributed by atoms with Crippen LogP contribution in [0.4, 0.5) is 4.39 Å². The van der Waals surface area contributed by atoms with Crippen molar-refractivity contribution >= 4 is 11.8 Å². The molecule has 0 aliphatic carbocycles. The summed E-state index contributed by atoms with van der Waals surface area (Å²) in [5, 5.41) is 13.0. The first-order valence-electron chi connectivity index (χ1n) is 11.2. The molecule has 0 bridgehead atoms. The predicted molar refractivity (Wildman–Crippen MR) is 122 cm³/mol. The molecule has 2 unspecified atom stereocenters. The molecule has 2 amide bonds. The summed E-state index contributed by atoms with van der Waals surface area (Å²) < 4.78 is 14.3. The van der Waals surface area contributed by atoms with Gasteiger partial charge in [-0.2, -0.15) is 0 Å². The molecule has 1 saturated heterocycles. The first kappa shape index (κ1) is 22.6. The predicted octanol–water partition coefficient (Wildman–Crippen LogP) is 3.32. The van der Waals surface area contributed by atoms with Crippen molar-refractivity contribution in [1.29, 1.82) is 0 Å². The van der Waals surface area contributed by atoms with E-state index in [0.29, 0.717) is 11.6 Å². The van der Waals surface area contributed by atoms with Crippen molar-refractivity contribution in [3.8, 4) is 0 Å². The van der Waals surface area contributed by atoms with Crippen LogP contribution in [0.15, 0.2) is 60.8 Å². The third-order valence-electron chi connectivity index (χ3n) is 6.04. The van der Waals surface area contributed by atoms with Crippen molar-refractivity contribution in [2.24, 2.45) is 0 Å². The number of benzene rings is 2. The van der Waals surface area contributed by atoms with E-state index in [0.717, 1.165) is 11.1 Å². The van der Waals surface area contributed by atoms with E-state index in [1.165, 1.54) is 16.7 Å². The molecule has 3 aromatic rings. The van der Waals surface area contributed by atoms with Crippen molar-refractivity contribution in [3.63, 3.8) is 0 Å². The highest BCUT2D eigenvalue weighted by Crippen LogP contribution is 2.27. The van der Waals surface area contributed by atoms with Gasteiger partial charge in [-0.3, -0.25) is 14.7 Å². The maximum absolute atomic E-state index is 14.3. The second-order valence-corrected chi connectivity index (χ2v) is 8.73. The Balaban J connectivity index is 1.56. The summed E-state index contributed by atoms with van der Waals surface area (Å²) in [6.07, 6.45) is 0.169. The number of rotatable bonds is 7. The van der Waals surface area contributed by atoms with Crippen molar-refractivity contribution in [1.82, 2.24) is 25.6 Å². The lowest BCUT2D eigenvalue weighted by Gasteiger charge is -2.27. The van der Waals surface area contributed by atoms with E-state index in [2.05, 4.69) is 46.7 Å². The molecule has 0 spiro atoms. The quantitative estimate of drug-likeness (QED) is 0.579. The molecule has 1 aromatic heterocycles. The number of aromatic amines is 1. The van der Waals surface area contributed by atoms with E-state index in [-0.39, 0.29) is 31.2 Å². The molecule has 0 radical (unpaired) electrons. The summed E-state index contributed by atoms with van der Waals surface area (Å²) in [6, 6.07) is 16.5. The van der Waals surface area contributed by atoms with Crippen molar-refractivity contribution < 1.29 is 14.0 Å². The van der Waals surface area contributed by atoms with E-state index < -0.39 is 18.3 Å². The number of aromatic nitrogens is 3. The van der Waals surface area contributed by atoms with Crippen LogP contribution in [0.5, 0.6) is 0 Å². The van der Waals surface area contributed by atoms with Gasteiger partial charge in [0.2, 0.25) is 11.8 Å². The Labute approximate surface area is 192 Å². The summed E-state index contributed by atoms with van der Waals surface area (Å²) in [7, 11) is 0. The van der Waals surface area contributed by atoms with Crippen molar-refractivity contribution in [2.75, 3.05) is 6.54 Å². The summed E-state index contributed by atoms with van der Waals surface area (Å²) in [6.45, 7) is 4.16. The van der Waals surface area contributed by atoms with Crippen LogP contribution >= 0.6 is 0 Å². The zero-order chi connectivity index (χ0) is 23.4. The van der Waals surface area contributed by atoms with Crippen molar-refractivity contribution in [3.05, 3.63) is 83.2 Å². The highest BCUT2D eigenvalue weighted by Gasteiger charge is 2.40. The maximum atomic E-state index is 14.3. The van der Waals surface area contributed by atoms with Crippen LogP contribution in [0.25, 0.3) is 0 Å². The second kappa shape index (κ2) is 9.94. The number of H-pyrrole nitrogens is 1. The molecule has 7 nitrogen and oxygen atoms in total. The Morgan fingerprint density at radius 1 is 1.09 bits per heavy atom. The number of halogens is 1. The standard InChI is InChI=1S/C25H28FN5O2/c1-16(2)17-8-10-19(11-9-17)24(18-6-4-3-5-7-18)28-25(33)22-12-20(26)15-31(22)23(32)13-21-14-27-30-29-21/h3-11,14,16,20,22,24H,12-13,15H2,1-2H3,(H,28,33)(H,27,29,30)/t20?,22?,24-/m0/s1. The van der Waals surface area contributed by atoms with E-state index in [4.69, 9.17) is 0 Å². The van der Waals surface area contributed by atoms with Crippen LogP contribution in [-0.2, 0) is 16.0 Å². The molecule has 0 saturated carbocycles. The van der Waals surface area contributed by atoms with Gasteiger partial charge in [-0.05, 0) is 22.6 Å². The number of nitrogens with zero attached hydrogens (tertiary/aromatic N) is 3. The van der Waals surface area contributed by atoms with Crippen LogP contribution in [-0.4, -0.2) is 50.9 Å². The maximum Gasteiger partial charge on any atom is 0.243 e. The summed E-state index contributed by atoms with van der Waals surface area (Å²) in [5.74, 6) is -0.305. The van der Waals surface area contributed by atoms with Gasteiger partial charge in [-0.1, -0.05) is 73.7 Å². The van der Waals surface area contributed by atoms with Crippen molar-refractivity contribution in [2.45, 2.75) is 50.9 Å². The molecule has 1 aliphatic heterocycles. The number of hydrogen-bond acceptors (Lipinski definition) is 4. The van der Waals surface area contributed by atoms with Gasteiger partial charge >= 0.3 is 0 Å². The molecule has 2 heterocycles. The van der Waals surface area contributed by atoms with Gasteiger partial charge in [0.05, 0.1) is 30.9 Å². The lowest BCUT2D eigenvalue weighted by molar-refractivity contribution is -0.138. The second-order valence-electron chi connectivity index (χ2n) is 8.73. The molecule has 3 atom stereocenters. The number of hydrogen-bond donors (Lipinski definition) is 2. The fourth-order valence-electron chi connectivity index (χ4n) is 4.20. The minimum Gasteiger partial charge on any atom is -0.343 e. The fraction of sp³-hybridized carbons (Fsp3) is 0.360. The molecule has 1 aliphatic rings. The molecule has 2 aromatic carbocycles. The first-order chi connectivity index (χ1) is 15.9. The van der Waals surface area contributed by atoms with E-state index >= 15 is 0 Å². The van der Waals surface area contributed by atoms with Crippen LogP contribution in [0.1, 0.15) is 54.6 Å². The Bertz CT molecular complexity index is 1070. The van der Waals surface area contributed by atoms with Gasteiger partial charge in [0.1, 0.15) is 12.2 Å². The highest BCUT2D eigenvalue weighted by atomic mass is 19.1. The molecule has 172 valence electrons. The Hall–Kier alpha value is -3.55. The number of amides is 2. The van der Waals surface area contributed by atoms with Gasteiger partial charge in [0, 0.05) is 6.42 Å². The topological polar surface area (TPSA) is 91.0 Å². The zero-order valence-electron chi connectivity index (χ0n) is 18.7. The average Bonchev–Trinajstić information content (AvgIpc) is 3.47. The molecular formula is C25H28FN5O2. The number of likely N-dealkylation sites (tertiary alicyclic amines) is 1. The molecular weight excluding hydrogens is 421 g/mol. The molecule has 8 heteroatoms. The molecule has 33 heavy (non-hydrogen) atoms. The Morgan fingerprint density at radius 3 is 2.39 bits per heavy atom. The number of alkyl halides is 1. The van der Waals surface area contributed by atoms with E-state index in [9.17, 15) is 14.0 Å². The lowest BCUT2D eigenvalue weighted by atomic mass is 9.95. The third kappa shape index (κ3) is 5.27. The van der Waals surface area contributed by atoms with Gasteiger partial charge in [0.15, 0.2) is 0 Å². The average molecular weight is 450 g/mol. The summed E-state index contributed by atoms with van der Waals surface area (Å²) in [5.41, 5.74) is 3.57. The molecule has 1 fully saturated rings. The third-order valence-corrected chi connectivity index (χ3v) is 6.04. The van der Waals surface area contributed by atoms with Crippen LogP contribution in [0.2, 0.25) is 0 Å². The lowest BCUT2D eigenvalue weighted by Crippen LogP contribution is -2.47. The van der Waals surface area contributed by atoms with E-state index in [1.54, 1.807) is 0 Å². The largest absolute Gasteiger partial charge is 0.343 e. The number of nitrogens with one attached hydrogen (secondary N) is 2. The molecule has 4 rings (SSSR count). The normalized spacial score (nSPS) is 19.0. The van der Waals surface area contributed by atoms with Crippen LogP contribution < -0.4 is 5.32 Å². The monoisotopic (exact) mass is 449 g/mol. The summed E-state index contributed by atoms with van der Waals surface area (Å²) in [4.78, 5) is 27.5. The van der Waals surface area contributed by atoms with E-state index in [1.807, 2.05) is 42.5 Å². The Morgan fingerprint density at radius 2 is 1.76 bits per heavy atom. The Kier molecular flexibility index (Phi) is 6.82. The van der Waals surface area contributed by atoms with Gasteiger partial charge in [-0.25, -0.2) is 4.39 Å². The number of carbonyl (C=O) groups is 2. The number of carbonyl (C=O) groups excluding carboxylic acids is 2. The van der Waals surface area contributed by atoms with Crippen LogP contribution in [0.3, 0.4) is 0 Å². The zero-order valence-corrected chi connectivity index (χ0v) is 18.7. The van der Waals surface area contributed by atoms with Gasteiger partial charge in [0.25, 0.3) is 0 Å². The van der Waals surface area contributed by atoms with Gasteiger partial charge in [-0.15, -0.1) is 5.10 Å². The first-order valence-corrected chi connectivity index (χ1v) is 11.2. The van der Waals surface area contributed by atoms with Gasteiger partial charge < -0.3 is 10.2 Å². The highest BCUT2D eigenvalue weighted by molar-refractivity contribution is 5.89. The van der Waals surface area contributed by atoms with Crippen LogP contribution in [0, 0.1) is 0 Å². The summed E-state index contributed by atoms with van der Waals surface area (Å²) >= 11 is 0. The minimum atomic E-state index is -1.25. The minimum absolute atomic E-state index is 0.0116. The molecule has 2 N–H and O–H groups in total. The SMILES string of the molecule is CC(C)c1ccc([C@@H](NC(=O)C2CC(F)CN2C(=O)Cc2cnn[nH]2)c2ccccc2)cc1.